The van der Waals surface area contributed by atoms with E-state index in [-0.39, 0.29) is 0 Å². The first-order chi connectivity index (χ1) is 7.31. The van der Waals surface area contributed by atoms with Crippen molar-refractivity contribution < 1.29 is 0 Å². The van der Waals surface area contributed by atoms with Gasteiger partial charge >= 0.3 is 0 Å². The van der Waals surface area contributed by atoms with E-state index in [4.69, 9.17) is 5.73 Å². The summed E-state index contributed by atoms with van der Waals surface area (Å²) in [5.41, 5.74) is 7.81. The fraction of sp³-hybridized carbons (Fsp3) is 0.333. The number of anilines is 1. The maximum Gasteiger partial charge on any atom is 0.0482 e. The minimum absolute atomic E-state index is 0.826. The zero-order valence-corrected chi connectivity index (χ0v) is 9.03. The summed E-state index contributed by atoms with van der Waals surface area (Å²) in [6.45, 7) is 5.15. The maximum absolute atomic E-state index is 5.73. The smallest absolute Gasteiger partial charge is 0.0482 e. The van der Waals surface area contributed by atoms with E-state index in [1.807, 2.05) is 12.1 Å². The van der Waals surface area contributed by atoms with Crippen LogP contribution in [-0.4, -0.2) is 17.7 Å². The fourth-order valence-electron chi connectivity index (χ4n) is 1.79. The Hall–Kier alpha value is -1.48. The average Bonchev–Trinajstić information content (AvgIpc) is 2.61. The SMILES string of the molecule is CCNCCn1ccc2cc(N)ccc21. The molecule has 3 N–H and O–H groups in total. The highest BCUT2D eigenvalue weighted by atomic mass is 15.0. The molecule has 0 spiro atoms. The van der Waals surface area contributed by atoms with Crippen LogP contribution in [0.25, 0.3) is 10.9 Å². The summed E-state index contributed by atoms with van der Waals surface area (Å²) in [5.74, 6) is 0. The van der Waals surface area contributed by atoms with Crippen LogP contribution in [-0.2, 0) is 6.54 Å². The van der Waals surface area contributed by atoms with Gasteiger partial charge in [0.05, 0.1) is 0 Å². The molecule has 15 heavy (non-hydrogen) atoms. The summed E-state index contributed by atoms with van der Waals surface area (Å²) in [6, 6.07) is 8.15. The molecule has 0 aliphatic heterocycles. The van der Waals surface area contributed by atoms with Crippen molar-refractivity contribution in [3.63, 3.8) is 0 Å². The molecule has 80 valence electrons. The molecule has 2 rings (SSSR count). The Bertz CT molecular complexity index is 445. The number of likely N-dealkylation sites (N-methyl/N-ethyl adjacent to an activating group) is 1. The van der Waals surface area contributed by atoms with Crippen molar-refractivity contribution in [3.05, 3.63) is 30.5 Å². The lowest BCUT2D eigenvalue weighted by molar-refractivity contribution is 0.627. The van der Waals surface area contributed by atoms with Gasteiger partial charge in [-0.1, -0.05) is 6.92 Å². The standard InChI is InChI=1S/C12H17N3/c1-2-14-6-8-15-7-5-10-9-11(13)3-4-12(10)15/h3-5,7,9,14H,2,6,8,13H2,1H3. The van der Waals surface area contributed by atoms with Crippen LogP contribution in [0.1, 0.15) is 6.92 Å². The zero-order chi connectivity index (χ0) is 10.7. The van der Waals surface area contributed by atoms with Crippen molar-refractivity contribution in [2.75, 3.05) is 18.8 Å². The number of nitrogens with zero attached hydrogens (tertiary/aromatic N) is 1. The Kier molecular flexibility index (Phi) is 2.92. The van der Waals surface area contributed by atoms with Gasteiger partial charge in [-0.25, -0.2) is 0 Å². The average molecular weight is 203 g/mol. The summed E-state index contributed by atoms with van der Waals surface area (Å²) in [4.78, 5) is 0. The highest BCUT2D eigenvalue weighted by Crippen LogP contribution is 2.18. The van der Waals surface area contributed by atoms with E-state index in [9.17, 15) is 0 Å². The van der Waals surface area contributed by atoms with Gasteiger partial charge in [-0.05, 0) is 30.8 Å². The minimum atomic E-state index is 0.826. The van der Waals surface area contributed by atoms with Gasteiger partial charge in [0.25, 0.3) is 0 Å². The lowest BCUT2D eigenvalue weighted by Crippen LogP contribution is -2.18. The maximum atomic E-state index is 5.73. The monoisotopic (exact) mass is 203 g/mol. The summed E-state index contributed by atoms with van der Waals surface area (Å²) in [7, 11) is 0. The Morgan fingerprint density at radius 3 is 3.00 bits per heavy atom. The summed E-state index contributed by atoms with van der Waals surface area (Å²) in [5, 5.41) is 4.53. The van der Waals surface area contributed by atoms with Crippen molar-refractivity contribution >= 4 is 16.6 Å². The number of fused-ring (bicyclic) bond motifs is 1. The molecular weight excluding hydrogens is 186 g/mol. The molecule has 0 bridgehead atoms. The molecule has 0 radical (unpaired) electrons. The molecule has 0 fully saturated rings. The molecule has 1 aromatic heterocycles. The first kappa shape index (κ1) is 10.1. The molecule has 0 aliphatic carbocycles. The first-order valence-corrected chi connectivity index (χ1v) is 5.36. The van der Waals surface area contributed by atoms with Gasteiger partial charge in [-0.3, -0.25) is 0 Å². The molecule has 0 amide bonds. The second-order valence-electron chi connectivity index (χ2n) is 3.68. The van der Waals surface area contributed by atoms with Crippen LogP contribution in [0.3, 0.4) is 0 Å². The van der Waals surface area contributed by atoms with Gasteiger partial charge < -0.3 is 15.6 Å². The highest BCUT2D eigenvalue weighted by molar-refractivity contribution is 5.83. The third kappa shape index (κ3) is 2.13. The van der Waals surface area contributed by atoms with Crippen molar-refractivity contribution in [1.29, 1.82) is 0 Å². The van der Waals surface area contributed by atoms with Crippen LogP contribution >= 0.6 is 0 Å². The van der Waals surface area contributed by atoms with E-state index in [0.717, 1.165) is 25.3 Å². The highest BCUT2D eigenvalue weighted by Gasteiger charge is 2.00. The number of aromatic nitrogens is 1. The summed E-state index contributed by atoms with van der Waals surface area (Å²) in [6.07, 6.45) is 2.11. The Morgan fingerprint density at radius 1 is 1.33 bits per heavy atom. The number of hydrogen-bond acceptors (Lipinski definition) is 2. The topological polar surface area (TPSA) is 43.0 Å². The third-order valence-electron chi connectivity index (χ3n) is 2.57. The molecule has 3 nitrogen and oxygen atoms in total. The largest absolute Gasteiger partial charge is 0.399 e. The van der Waals surface area contributed by atoms with E-state index in [1.54, 1.807) is 0 Å². The van der Waals surface area contributed by atoms with Gasteiger partial charge in [-0.15, -0.1) is 0 Å². The number of rotatable bonds is 4. The van der Waals surface area contributed by atoms with Crippen molar-refractivity contribution in [2.24, 2.45) is 0 Å². The van der Waals surface area contributed by atoms with Gasteiger partial charge in [0, 0.05) is 35.9 Å². The molecule has 0 saturated carbocycles. The molecule has 2 aromatic rings. The third-order valence-corrected chi connectivity index (χ3v) is 2.57. The van der Waals surface area contributed by atoms with Gasteiger partial charge in [0.2, 0.25) is 0 Å². The van der Waals surface area contributed by atoms with E-state index in [1.165, 1.54) is 10.9 Å². The Morgan fingerprint density at radius 2 is 2.20 bits per heavy atom. The first-order valence-electron chi connectivity index (χ1n) is 5.36. The molecule has 3 heteroatoms. The van der Waals surface area contributed by atoms with Crippen molar-refractivity contribution in [3.8, 4) is 0 Å². The second kappa shape index (κ2) is 4.36. The number of nitrogens with one attached hydrogen (secondary N) is 1. The number of nitrogen functional groups attached to an aromatic ring is 1. The van der Waals surface area contributed by atoms with Crippen LogP contribution in [0, 0.1) is 0 Å². The number of benzene rings is 1. The molecule has 0 unspecified atom stereocenters. The summed E-state index contributed by atoms with van der Waals surface area (Å²) < 4.78 is 2.25. The van der Waals surface area contributed by atoms with E-state index in [2.05, 4.69) is 35.1 Å². The van der Waals surface area contributed by atoms with E-state index >= 15 is 0 Å². The predicted octanol–water partition coefficient (Wildman–Crippen LogP) is 1.83. The molecule has 0 aliphatic rings. The van der Waals surface area contributed by atoms with E-state index < -0.39 is 0 Å². The van der Waals surface area contributed by atoms with Crippen LogP contribution in [0.2, 0.25) is 0 Å². The zero-order valence-electron chi connectivity index (χ0n) is 9.03. The quantitative estimate of drug-likeness (QED) is 0.588. The molecule has 0 saturated heterocycles. The molecule has 1 heterocycles. The van der Waals surface area contributed by atoms with Crippen LogP contribution in [0.4, 0.5) is 5.69 Å². The summed E-state index contributed by atoms with van der Waals surface area (Å²) >= 11 is 0. The van der Waals surface area contributed by atoms with Crippen molar-refractivity contribution in [2.45, 2.75) is 13.5 Å². The Balaban J connectivity index is 2.21. The number of nitrogens with two attached hydrogens (primary N) is 1. The Labute approximate surface area is 89.9 Å². The second-order valence-corrected chi connectivity index (χ2v) is 3.68. The van der Waals surface area contributed by atoms with Crippen LogP contribution < -0.4 is 11.1 Å². The minimum Gasteiger partial charge on any atom is -0.399 e. The predicted molar refractivity (Wildman–Crippen MR) is 64.9 cm³/mol. The van der Waals surface area contributed by atoms with Gasteiger partial charge in [0.1, 0.15) is 0 Å². The van der Waals surface area contributed by atoms with E-state index in [0.29, 0.717) is 0 Å². The van der Waals surface area contributed by atoms with Crippen LogP contribution in [0.15, 0.2) is 30.5 Å². The van der Waals surface area contributed by atoms with Crippen LogP contribution in [0.5, 0.6) is 0 Å². The normalized spacial score (nSPS) is 11.0. The lowest BCUT2D eigenvalue weighted by Gasteiger charge is -2.05. The van der Waals surface area contributed by atoms with Crippen molar-refractivity contribution in [1.82, 2.24) is 9.88 Å². The molecular formula is C12H17N3. The fourth-order valence-corrected chi connectivity index (χ4v) is 1.79. The van der Waals surface area contributed by atoms with Gasteiger partial charge in [-0.2, -0.15) is 0 Å². The molecule has 0 atom stereocenters. The van der Waals surface area contributed by atoms with Gasteiger partial charge in [0.15, 0.2) is 0 Å². The molecule has 1 aromatic carbocycles. The lowest BCUT2D eigenvalue weighted by atomic mass is 10.2. The number of hydrogen-bond donors (Lipinski definition) is 2.